The lowest BCUT2D eigenvalue weighted by atomic mass is 10.00. The van der Waals surface area contributed by atoms with Gasteiger partial charge >= 0.3 is 5.97 Å². The van der Waals surface area contributed by atoms with Gasteiger partial charge in [0.15, 0.2) is 9.84 Å². The van der Waals surface area contributed by atoms with Crippen molar-refractivity contribution in [2.75, 3.05) is 18.7 Å². The SMILES string of the molecule is COc1ccc2c(c1)NC(C)/C2=C\c1[nH]c(C)c(S(C)(=O)=O)c1CCC(=O)O. The zero-order chi connectivity index (χ0) is 20.6. The number of aromatic nitrogens is 1. The Labute approximate surface area is 164 Å². The van der Waals surface area contributed by atoms with Gasteiger partial charge in [-0.3, -0.25) is 4.79 Å². The number of H-pyrrole nitrogens is 1. The molecule has 1 aromatic carbocycles. The molecule has 0 fully saturated rings. The molecule has 0 bridgehead atoms. The van der Waals surface area contributed by atoms with E-state index < -0.39 is 15.8 Å². The number of carboxylic acid groups (broad SMARTS) is 1. The van der Waals surface area contributed by atoms with Crippen LogP contribution in [0.1, 0.15) is 35.9 Å². The molecule has 150 valence electrons. The highest BCUT2D eigenvalue weighted by Gasteiger charge is 2.26. The fourth-order valence-electron chi connectivity index (χ4n) is 3.71. The zero-order valence-corrected chi connectivity index (χ0v) is 17.1. The van der Waals surface area contributed by atoms with E-state index in [4.69, 9.17) is 9.84 Å². The fourth-order valence-corrected chi connectivity index (χ4v) is 4.98. The van der Waals surface area contributed by atoms with Gasteiger partial charge < -0.3 is 20.1 Å². The molecule has 8 heteroatoms. The summed E-state index contributed by atoms with van der Waals surface area (Å²) in [5, 5.41) is 12.5. The quantitative estimate of drug-likeness (QED) is 0.683. The van der Waals surface area contributed by atoms with Gasteiger partial charge in [0.25, 0.3) is 0 Å². The van der Waals surface area contributed by atoms with Crippen LogP contribution in [-0.4, -0.2) is 43.9 Å². The summed E-state index contributed by atoms with van der Waals surface area (Å²) in [6.07, 6.45) is 3.05. The summed E-state index contributed by atoms with van der Waals surface area (Å²) >= 11 is 0. The van der Waals surface area contributed by atoms with Crippen molar-refractivity contribution in [1.82, 2.24) is 4.98 Å². The van der Waals surface area contributed by atoms with E-state index >= 15 is 0 Å². The lowest BCUT2D eigenvalue weighted by Gasteiger charge is -2.08. The molecule has 0 radical (unpaired) electrons. The summed E-state index contributed by atoms with van der Waals surface area (Å²) in [5.74, 6) is -0.220. The molecule has 0 saturated carbocycles. The smallest absolute Gasteiger partial charge is 0.303 e. The molecule has 0 saturated heterocycles. The second kappa shape index (κ2) is 7.35. The van der Waals surface area contributed by atoms with E-state index in [9.17, 15) is 13.2 Å². The second-order valence-corrected chi connectivity index (χ2v) is 8.97. The molecule has 0 aliphatic carbocycles. The van der Waals surface area contributed by atoms with E-state index in [2.05, 4.69) is 10.3 Å². The summed E-state index contributed by atoms with van der Waals surface area (Å²) in [6.45, 7) is 3.71. The summed E-state index contributed by atoms with van der Waals surface area (Å²) in [5.41, 5.74) is 4.61. The average molecular weight is 404 g/mol. The van der Waals surface area contributed by atoms with E-state index in [-0.39, 0.29) is 23.8 Å². The van der Waals surface area contributed by atoms with Gasteiger partial charge in [-0.05, 0) is 49.6 Å². The number of hydrogen-bond acceptors (Lipinski definition) is 5. The van der Waals surface area contributed by atoms with E-state index in [0.29, 0.717) is 17.0 Å². The van der Waals surface area contributed by atoms with Crippen LogP contribution in [0.15, 0.2) is 23.1 Å². The number of benzene rings is 1. The number of aromatic amines is 1. The first-order valence-electron chi connectivity index (χ1n) is 8.91. The number of rotatable bonds is 6. The zero-order valence-electron chi connectivity index (χ0n) is 16.3. The molecule has 1 atom stereocenters. The number of nitrogens with one attached hydrogen (secondary N) is 2. The minimum absolute atomic E-state index is 0.0136. The molecule has 2 aromatic rings. The van der Waals surface area contributed by atoms with Crippen LogP contribution in [0.25, 0.3) is 11.6 Å². The minimum Gasteiger partial charge on any atom is -0.497 e. The molecule has 3 N–H and O–H groups in total. The summed E-state index contributed by atoms with van der Waals surface area (Å²) < 4.78 is 29.8. The number of sulfone groups is 1. The third-order valence-corrected chi connectivity index (χ3v) is 6.19. The first-order valence-corrected chi connectivity index (χ1v) is 10.8. The maximum Gasteiger partial charge on any atom is 0.303 e. The molecule has 1 unspecified atom stereocenters. The molecule has 2 heterocycles. The lowest BCUT2D eigenvalue weighted by Crippen LogP contribution is -2.08. The van der Waals surface area contributed by atoms with Crippen molar-refractivity contribution >= 4 is 33.1 Å². The number of aliphatic carboxylic acids is 1. The van der Waals surface area contributed by atoms with Gasteiger partial charge in [-0.1, -0.05) is 0 Å². The predicted molar refractivity (Wildman–Crippen MR) is 109 cm³/mol. The Balaban J connectivity index is 2.13. The van der Waals surface area contributed by atoms with Crippen molar-refractivity contribution in [3.63, 3.8) is 0 Å². The topological polar surface area (TPSA) is 108 Å². The summed E-state index contributed by atoms with van der Waals surface area (Å²) in [6, 6.07) is 5.76. The molecule has 28 heavy (non-hydrogen) atoms. The van der Waals surface area contributed by atoms with E-state index in [0.717, 1.165) is 28.8 Å². The maximum atomic E-state index is 12.3. The van der Waals surface area contributed by atoms with Crippen molar-refractivity contribution < 1.29 is 23.1 Å². The van der Waals surface area contributed by atoms with Crippen molar-refractivity contribution in [3.8, 4) is 5.75 Å². The normalized spacial score (nSPS) is 17.4. The van der Waals surface area contributed by atoms with Gasteiger partial charge in [0.1, 0.15) is 5.75 Å². The fraction of sp³-hybridized carbons (Fsp3) is 0.350. The molecular weight excluding hydrogens is 380 g/mol. The average Bonchev–Trinajstić information content (AvgIpc) is 3.08. The number of fused-ring (bicyclic) bond motifs is 1. The standard InChI is InChI=1S/C20H24N2O5S/c1-11-16(14-6-5-13(27-3)9-17(14)21-11)10-18-15(7-8-19(23)24)20(12(2)22-18)28(4,25)26/h5-6,9-11,21-22H,7-8H2,1-4H3,(H,23,24)/b16-10+. The number of hydrogen-bond donors (Lipinski definition) is 3. The van der Waals surface area contributed by atoms with Crippen molar-refractivity contribution in [2.45, 2.75) is 37.6 Å². The molecule has 1 aliphatic rings. The predicted octanol–water partition coefficient (Wildman–Crippen LogP) is 3.11. The van der Waals surface area contributed by atoms with Gasteiger partial charge in [0.2, 0.25) is 0 Å². The van der Waals surface area contributed by atoms with Crippen LogP contribution in [0, 0.1) is 6.92 Å². The van der Waals surface area contributed by atoms with Crippen molar-refractivity contribution in [2.24, 2.45) is 0 Å². The van der Waals surface area contributed by atoms with Gasteiger partial charge in [0.05, 0.1) is 12.0 Å². The van der Waals surface area contributed by atoms with Crippen molar-refractivity contribution in [1.29, 1.82) is 0 Å². The van der Waals surface area contributed by atoms with E-state index in [1.165, 1.54) is 0 Å². The van der Waals surface area contributed by atoms with Crippen LogP contribution < -0.4 is 10.1 Å². The van der Waals surface area contributed by atoms with Crippen LogP contribution in [0.3, 0.4) is 0 Å². The number of ether oxygens (including phenoxy) is 1. The van der Waals surface area contributed by atoms with Crippen LogP contribution in [0.2, 0.25) is 0 Å². The summed E-state index contributed by atoms with van der Waals surface area (Å²) in [7, 11) is -1.88. The number of carboxylic acids is 1. The number of carbonyl (C=O) groups is 1. The molecule has 3 rings (SSSR count). The monoisotopic (exact) mass is 404 g/mol. The van der Waals surface area contributed by atoms with E-state index in [1.807, 2.05) is 31.2 Å². The molecule has 7 nitrogen and oxygen atoms in total. The summed E-state index contributed by atoms with van der Waals surface area (Å²) in [4.78, 5) is 14.4. The van der Waals surface area contributed by atoms with Crippen LogP contribution in [0.5, 0.6) is 5.75 Å². The minimum atomic E-state index is -3.49. The Morgan fingerprint density at radius 3 is 2.68 bits per heavy atom. The Hall–Kier alpha value is -2.74. The molecule has 0 amide bonds. The van der Waals surface area contributed by atoms with Gasteiger partial charge in [0, 0.05) is 47.4 Å². The number of anilines is 1. The van der Waals surface area contributed by atoms with Gasteiger partial charge in [-0.25, -0.2) is 8.42 Å². The van der Waals surface area contributed by atoms with Crippen LogP contribution in [0.4, 0.5) is 5.69 Å². The third kappa shape index (κ3) is 3.77. The van der Waals surface area contributed by atoms with Crippen LogP contribution >= 0.6 is 0 Å². The highest BCUT2D eigenvalue weighted by atomic mass is 32.2. The molecule has 0 spiro atoms. The number of methoxy groups -OCH3 is 1. The second-order valence-electron chi connectivity index (χ2n) is 7.01. The van der Waals surface area contributed by atoms with Crippen molar-refractivity contribution in [3.05, 3.63) is 40.7 Å². The molecular formula is C20H24N2O5S. The highest BCUT2D eigenvalue weighted by molar-refractivity contribution is 7.90. The van der Waals surface area contributed by atoms with E-state index in [1.54, 1.807) is 14.0 Å². The largest absolute Gasteiger partial charge is 0.497 e. The highest BCUT2D eigenvalue weighted by Crippen LogP contribution is 2.39. The lowest BCUT2D eigenvalue weighted by molar-refractivity contribution is -0.136. The first kappa shape index (κ1) is 20.0. The third-order valence-electron chi connectivity index (χ3n) is 4.90. The Bertz CT molecular complexity index is 1070. The maximum absolute atomic E-state index is 12.3. The Kier molecular flexibility index (Phi) is 5.25. The molecule has 1 aromatic heterocycles. The Morgan fingerprint density at radius 1 is 1.36 bits per heavy atom. The molecule has 1 aliphatic heterocycles. The van der Waals surface area contributed by atoms with Gasteiger partial charge in [-0.15, -0.1) is 0 Å². The Morgan fingerprint density at radius 2 is 2.07 bits per heavy atom. The van der Waals surface area contributed by atoms with Gasteiger partial charge in [-0.2, -0.15) is 0 Å². The van der Waals surface area contributed by atoms with Crippen LogP contribution in [-0.2, 0) is 21.1 Å². The number of aryl methyl sites for hydroxylation is 1. The first-order chi connectivity index (χ1) is 13.1.